The van der Waals surface area contributed by atoms with Gasteiger partial charge in [0.15, 0.2) is 5.78 Å². The Labute approximate surface area is 204 Å². The molecule has 0 aliphatic carbocycles. The van der Waals surface area contributed by atoms with E-state index in [1.807, 2.05) is 60.7 Å². The summed E-state index contributed by atoms with van der Waals surface area (Å²) in [4.78, 5) is 38.7. The van der Waals surface area contributed by atoms with Gasteiger partial charge in [-0.2, -0.15) is 0 Å². The fraction of sp³-hybridized carbons (Fsp3) is 0.423. The molecule has 35 heavy (non-hydrogen) atoms. The van der Waals surface area contributed by atoms with Gasteiger partial charge in [-0.15, -0.1) is 0 Å². The molecule has 9 nitrogen and oxygen atoms in total. The number of ether oxygens (including phenoxy) is 4. The van der Waals surface area contributed by atoms with Crippen molar-refractivity contribution in [2.75, 3.05) is 26.4 Å². The van der Waals surface area contributed by atoms with Crippen LogP contribution in [0, 0.1) is 0 Å². The van der Waals surface area contributed by atoms with E-state index < -0.39 is 24.3 Å². The highest BCUT2D eigenvalue weighted by atomic mass is 16.6. The van der Waals surface area contributed by atoms with E-state index in [9.17, 15) is 14.4 Å². The molecule has 2 fully saturated rings. The van der Waals surface area contributed by atoms with Crippen molar-refractivity contribution in [3.63, 3.8) is 0 Å². The molecule has 2 aromatic rings. The summed E-state index contributed by atoms with van der Waals surface area (Å²) >= 11 is 0. The molecule has 2 aromatic carbocycles. The minimum Gasteiger partial charge on any atom is -0.445 e. The highest BCUT2D eigenvalue weighted by molar-refractivity contribution is 5.81. The van der Waals surface area contributed by atoms with Gasteiger partial charge in [0.05, 0.1) is 31.9 Å². The molecule has 2 heterocycles. The van der Waals surface area contributed by atoms with Crippen molar-refractivity contribution in [2.45, 2.75) is 44.2 Å². The summed E-state index contributed by atoms with van der Waals surface area (Å²) in [6.45, 7) is 1.36. The van der Waals surface area contributed by atoms with E-state index in [2.05, 4.69) is 5.32 Å². The van der Waals surface area contributed by atoms with Crippen molar-refractivity contribution in [3.8, 4) is 0 Å². The first-order valence-corrected chi connectivity index (χ1v) is 11.7. The second-order valence-electron chi connectivity index (χ2n) is 8.71. The number of amides is 2. The van der Waals surface area contributed by atoms with Crippen molar-refractivity contribution in [1.29, 1.82) is 0 Å². The molecule has 0 bridgehead atoms. The molecule has 2 saturated heterocycles. The Morgan fingerprint density at radius 1 is 0.943 bits per heavy atom. The van der Waals surface area contributed by atoms with E-state index in [0.29, 0.717) is 19.6 Å². The minimum absolute atomic E-state index is 0.0619. The zero-order valence-electron chi connectivity index (χ0n) is 19.5. The lowest BCUT2D eigenvalue weighted by Crippen LogP contribution is -2.50. The normalized spacial score (nSPS) is 22.2. The summed E-state index contributed by atoms with van der Waals surface area (Å²) in [5.74, 6) is -0.0619. The molecule has 2 amide bonds. The predicted octanol–water partition coefficient (Wildman–Crippen LogP) is 3.07. The van der Waals surface area contributed by atoms with Crippen LogP contribution in [0.1, 0.15) is 24.0 Å². The molecular weight excluding hydrogens is 452 g/mol. The summed E-state index contributed by atoms with van der Waals surface area (Å²) in [6.07, 6.45) is -1.02. The Bertz CT molecular complexity index is 986. The maximum absolute atomic E-state index is 13.1. The van der Waals surface area contributed by atoms with Gasteiger partial charge in [0.1, 0.15) is 19.3 Å². The van der Waals surface area contributed by atoms with Crippen LogP contribution in [0.5, 0.6) is 0 Å². The van der Waals surface area contributed by atoms with Crippen molar-refractivity contribution in [1.82, 2.24) is 10.2 Å². The van der Waals surface area contributed by atoms with Gasteiger partial charge in [-0.1, -0.05) is 60.7 Å². The van der Waals surface area contributed by atoms with Crippen LogP contribution >= 0.6 is 0 Å². The van der Waals surface area contributed by atoms with E-state index in [4.69, 9.17) is 18.9 Å². The quantitative estimate of drug-likeness (QED) is 0.647. The molecule has 0 radical (unpaired) electrons. The number of nitrogens with zero attached hydrogens (tertiary/aromatic N) is 1. The van der Waals surface area contributed by atoms with E-state index in [1.165, 1.54) is 0 Å². The predicted molar refractivity (Wildman–Crippen MR) is 125 cm³/mol. The Morgan fingerprint density at radius 3 is 2.37 bits per heavy atom. The molecule has 0 aromatic heterocycles. The molecule has 186 valence electrons. The van der Waals surface area contributed by atoms with Crippen LogP contribution in [0.2, 0.25) is 0 Å². The number of alkyl carbamates (subject to hydrolysis) is 1. The van der Waals surface area contributed by atoms with Gasteiger partial charge in [-0.05, 0) is 11.1 Å². The molecule has 2 aliphatic rings. The first-order chi connectivity index (χ1) is 17.1. The Balaban J connectivity index is 1.37. The molecule has 9 heteroatoms. The molecule has 2 aliphatic heterocycles. The smallest absolute Gasteiger partial charge is 0.410 e. The molecule has 1 N–H and O–H groups in total. The minimum atomic E-state index is -0.635. The van der Waals surface area contributed by atoms with Crippen molar-refractivity contribution in [3.05, 3.63) is 71.8 Å². The van der Waals surface area contributed by atoms with Crippen LogP contribution in [0.3, 0.4) is 0 Å². The second-order valence-corrected chi connectivity index (χ2v) is 8.71. The van der Waals surface area contributed by atoms with Crippen LogP contribution in [0.15, 0.2) is 60.7 Å². The number of ketones is 1. The number of carbonyl (C=O) groups is 3. The number of rotatable bonds is 7. The number of nitrogens with one attached hydrogen (secondary N) is 1. The maximum atomic E-state index is 13.1. The van der Waals surface area contributed by atoms with Crippen molar-refractivity contribution >= 4 is 18.0 Å². The van der Waals surface area contributed by atoms with Gasteiger partial charge in [0, 0.05) is 19.4 Å². The number of carbonyl (C=O) groups excluding carboxylic acids is 3. The number of hydrogen-bond acceptors (Lipinski definition) is 7. The second kappa shape index (κ2) is 12.3. The molecular formula is C26H30N2O7. The number of benzene rings is 2. The Morgan fingerprint density at radius 2 is 1.66 bits per heavy atom. The fourth-order valence-corrected chi connectivity index (χ4v) is 4.15. The highest BCUT2D eigenvalue weighted by Crippen LogP contribution is 2.21. The van der Waals surface area contributed by atoms with Gasteiger partial charge in [0.2, 0.25) is 0 Å². The zero-order chi connectivity index (χ0) is 24.5. The first kappa shape index (κ1) is 24.7. The van der Waals surface area contributed by atoms with E-state index in [0.717, 1.165) is 11.1 Å². The van der Waals surface area contributed by atoms with Crippen LogP contribution < -0.4 is 5.32 Å². The largest absolute Gasteiger partial charge is 0.445 e. The molecule has 0 spiro atoms. The topological polar surface area (TPSA) is 103 Å². The summed E-state index contributed by atoms with van der Waals surface area (Å²) in [5.41, 5.74) is 1.84. The fourth-order valence-electron chi connectivity index (χ4n) is 4.15. The first-order valence-electron chi connectivity index (χ1n) is 11.7. The third-order valence-corrected chi connectivity index (χ3v) is 5.88. The Hall–Kier alpha value is -3.43. The monoisotopic (exact) mass is 482 g/mol. The van der Waals surface area contributed by atoms with Crippen molar-refractivity contribution in [2.24, 2.45) is 0 Å². The summed E-state index contributed by atoms with van der Waals surface area (Å²) in [5, 5.41) is 2.67. The standard InChI is InChI=1S/C26H30N2O7/c29-23-11-21(15-32-17-23)27-25(30)35-24-12-22(16-33-18-24)28(13-19-7-3-1-4-8-19)26(31)34-14-20-9-5-2-6-10-20/h1-10,21-22,24H,11-18H2,(H,27,30). The average molecular weight is 483 g/mol. The van der Waals surface area contributed by atoms with E-state index >= 15 is 0 Å². The zero-order valence-corrected chi connectivity index (χ0v) is 19.5. The highest BCUT2D eigenvalue weighted by Gasteiger charge is 2.34. The molecule has 3 atom stereocenters. The molecule has 4 rings (SSSR count). The van der Waals surface area contributed by atoms with Crippen molar-refractivity contribution < 1.29 is 33.3 Å². The number of hydrogen-bond donors (Lipinski definition) is 1. The summed E-state index contributed by atoms with van der Waals surface area (Å²) < 4.78 is 22.0. The van der Waals surface area contributed by atoms with Gasteiger partial charge in [-0.3, -0.25) is 9.69 Å². The molecule has 3 unspecified atom stereocenters. The van der Waals surface area contributed by atoms with E-state index in [-0.39, 0.29) is 44.7 Å². The van der Waals surface area contributed by atoms with Gasteiger partial charge in [-0.25, -0.2) is 9.59 Å². The lowest BCUT2D eigenvalue weighted by Gasteiger charge is -2.36. The Kier molecular flexibility index (Phi) is 8.69. The van der Waals surface area contributed by atoms with E-state index in [1.54, 1.807) is 4.90 Å². The van der Waals surface area contributed by atoms with Crippen LogP contribution in [-0.2, 0) is 36.9 Å². The van der Waals surface area contributed by atoms with Crippen LogP contribution in [-0.4, -0.2) is 67.5 Å². The van der Waals surface area contributed by atoms with Crippen LogP contribution in [0.25, 0.3) is 0 Å². The lowest BCUT2D eigenvalue weighted by atomic mass is 10.1. The average Bonchev–Trinajstić information content (AvgIpc) is 2.87. The van der Waals surface area contributed by atoms with Gasteiger partial charge in [0.25, 0.3) is 0 Å². The SMILES string of the molecule is O=C1COCC(NC(=O)OC2COCC(N(Cc3ccccc3)C(=O)OCc3ccccc3)C2)C1. The summed E-state index contributed by atoms with van der Waals surface area (Å²) in [7, 11) is 0. The van der Waals surface area contributed by atoms with Gasteiger partial charge >= 0.3 is 12.2 Å². The lowest BCUT2D eigenvalue weighted by molar-refractivity contribution is -0.128. The number of Topliss-reactive ketones (excluding diaryl/α,β-unsaturated/α-hetero) is 1. The summed E-state index contributed by atoms with van der Waals surface area (Å²) in [6, 6.07) is 18.3. The van der Waals surface area contributed by atoms with Crippen LogP contribution in [0.4, 0.5) is 9.59 Å². The molecule has 0 saturated carbocycles. The van der Waals surface area contributed by atoms with Gasteiger partial charge < -0.3 is 24.3 Å². The third kappa shape index (κ3) is 7.53. The maximum Gasteiger partial charge on any atom is 0.410 e. The third-order valence-electron chi connectivity index (χ3n) is 5.88.